The van der Waals surface area contributed by atoms with Gasteiger partial charge in [0, 0.05) is 26.7 Å². The summed E-state index contributed by atoms with van der Waals surface area (Å²) in [4.78, 5) is 2.32. The van der Waals surface area contributed by atoms with E-state index in [1.807, 2.05) is 18.2 Å². The monoisotopic (exact) mass is 240 g/mol. The van der Waals surface area contributed by atoms with Crippen molar-refractivity contribution in [1.82, 2.24) is 5.32 Å². The van der Waals surface area contributed by atoms with Crippen LogP contribution in [0.2, 0.25) is 5.02 Å². The Morgan fingerprint density at radius 2 is 2.31 bits per heavy atom. The Bertz CT molecular complexity index is 344. The summed E-state index contributed by atoms with van der Waals surface area (Å²) in [5, 5.41) is 4.18. The van der Waals surface area contributed by atoms with Gasteiger partial charge in [0.1, 0.15) is 0 Å². The molecule has 1 N–H and O–H groups in total. The van der Waals surface area contributed by atoms with Crippen molar-refractivity contribution in [2.24, 2.45) is 0 Å². The zero-order valence-corrected chi connectivity index (χ0v) is 10.2. The third kappa shape index (κ3) is 2.48. The van der Waals surface area contributed by atoms with Crippen molar-refractivity contribution < 1.29 is 4.74 Å². The van der Waals surface area contributed by atoms with E-state index >= 15 is 0 Å². The molecule has 3 nitrogen and oxygen atoms in total. The van der Waals surface area contributed by atoms with Gasteiger partial charge in [-0.15, -0.1) is 0 Å². The summed E-state index contributed by atoms with van der Waals surface area (Å²) in [5.41, 5.74) is 1.10. The summed E-state index contributed by atoms with van der Waals surface area (Å²) < 4.78 is 5.25. The minimum atomic E-state index is 0.360. The van der Waals surface area contributed by atoms with Crippen LogP contribution in [0.4, 0.5) is 5.69 Å². The van der Waals surface area contributed by atoms with E-state index < -0.39 is 0 Å². The molecule has 2 rings (SSSR count). The molecule has 16 heavy (non-hydrogen) atoms. The lowest BCUT2D eigenvalue weighted by Gasteiger charge is -2.38. The molecule has 0 radical (unpaired) electrons. The van der Waals surface area contributed by atoms with E-state index in [1.165, 1.54) is 0 Å². The fourth-order valence-electron chi connectivity index (χ4n) is 2.10. The standard InChI is InChI=1S/C12H17ClN2O/c1-16-9-10-8-14-6-7-15(10)12-5-3-2-4-11(12)13/h2-5,10,14H,6-9H2,1H3. The van der Waals surface area contributed by atoms with Gasteiger partial charge in [-0.1, -0.05) is 23.7 Å². The van der Waals surface area contributed by atoms with Crippen LogP contribution in [0.1, 0.15) is 0 Å². The molecule has 1 fully saturated rings. The lowest BCUT2D eigenvalue weighted by atomic mass is 10.1. The van der Waals surface area contributed by atoms with E-state index in [0.717, 1.165) is 37.0 Å². The van der Waals surface area contributed by atoms with Gasteiger partial charge in [-0.05, 0) is 12.1 Å². The number of nitrogens with one attached hydrogen (secondary N) is 1. The highest BCUT2D eigenvalue weighted by Crippen LogP contribution is 2.27. The van der Waals surface area contributed by atoms with Gasteiger partial charge in [0.05, 0.1) is 23.4 Å². The lowest BCUT2D eigenvalue weighted by Crippen LogP contribution is -2.53. The van der Waals surface area contributed by atoms with Gasteiger partial charge < -0.3 is 15.0 Å². The molecule has 1 atom stereocenters. The molecular formula is C12H17ClN2O. The van der Waals surface area contributed by atoms with Gasteiger partial charge in [-0.3, -0.25) is 0 Å². The maximum Gasteiger partial charge on any atom is 0.0678 e. The van der Waals surface area contributed by atoms with E-state index in [0.29, 0.717) is 6.04 Å². The molecule has 0 saturated carbocycles. The highest BCUT2D eigenvalue weighted by atomic mass is 35.5. The number of methoxy groups -OCH3 is 1. The first-order valence-electron chi connectivity index (χ1n) is 5.53. The minimum Gasteiger partial charge on any atom is -0.383 e. The molecule has 1 aliphatic heterocycles. The predicted octanol–water partition coefficient (Wildman–Crippen LogP) is 1.76. The Morgan fingerprint density at radius 3 is 3.06 bits per heavy atom. The van der Waals surface area contributed by atoms with Gasteiger partial charge >= 0.3 is 0 Å². The summed E-state index contributed by atoms with van der Waals surface area (Å²) in [6.07, 6.45) is 0. The van der Waals surface area contributed by atoms with Crippen molar-refractivity contribution >= 4 is 17.3 Å². The van der Waals surface area contributed by atoms with Crippen LogP contribution >= 0.6 is 11.6 Å². The maximum atomic E-state index is 6.22. The summed E-state index contributed by atoms with van der Waals surface area (Å²) in [5.74, 6) is 0. The van der Waals surface area contributed by atoms with Crippen LogP contribution in [0.15, 0.2) is 24.3 Å². The summed E-state index contributed by atoms with van der Waals surface area (Å²) >= 11 is 6.22. The van der Waals surface area contributed by atoms with Crippen molar-refractivity contribution in [2.45, 2.75) is 6.04 Å². The maximum absolute atomic E-state index is 6.22. The van der Waals surface area contributed by atoms with E-state index in [1.54, 1.807) is 7.11 Å². The number of para-hydroxylation sites is 1. The third-order valence-electron chi connectivity index (χ3n) is 2.87. The van der Waals surface area contributed by atoms with Crippen molar-refractivity contribution in [3.8, 4) is 0 Å². The van der Waals surface area contributed by atoms with Crippen LogP contribution < -0.4 is 10.2 Å². The Labute approximate surface area is 101 Å². The Kier molecular flexibility index (Phi) is 4.04. The normalized spacial score (nSPS) is 21.1. The first-order valence-corrected chi connectivity index (χ1v) is 5.91. The fraction of sp³-hybridized carbons (Fsp3) is 0.500. The van der Waals surface area contributed by atoms with Crippen LogP contribution in [0.5, 0.6) is 0 Å². The average Bonchev–Trinajstić information content (AvgIpc) is 2.31. The average molecular weight is 241 g/mol. The van der Waals surface area contributed by atoms with E-state index in [-0.39, 0.29) is 0 Å². The first-order chi connectivity index (χ1) is 7.83. The molecular weight excluding hydrogens is 224 g/mol. The fourth-order valence-corrected chi connectivity index (χ4v) is 2.35. The molecule has 0 aliphatic carbocycles. The highest BCUT2D eigenvalue weighted by Gasteiger charge is 2.23. The topological polar surface area (TPSA) is 24.5 Å². The van der Waals surface area contributed by atoms with Crippen molar-refractivity contribution in [3.63, 3.8) is 0 Å². The van der Waals surface area contributed by atoms with Gasteiger partial charge in [0.15, 0.2) is 0 Å². The van der Waals surface area contributed by atoms with E-state index in [4.69, 9.17) is 16.3 Å². The molecule has 1 aromatic carbocycles. The second-order valence-electron chi connectivity index (χ2n) is 3.96. The van der Waals surface area contributed by atoms with Crippen LogP contribution in [0.25, 0.3) is 0 Å². The van der Waals surface area contributed by atoms with E-state index in [9.17, 15) is 0 Å². The molecule has 1 heterocycles. The van der Waals surface area contributed by atoms with Crippen LogP contribution in [0, 0.1) is 0 Å². The number of hydrogen-bond donors (Lipinski definition) is 1. The number of hydrogen-bond acceptors (Lipinski definition) is 3. The van der Waals surface area contributed by atoms with Crippen molar-refractivity contribution in [1.29, 1.82) is 0 Å². The largest absolute Gasteiger partial charge is 0.383 e. The van der Waals surface area contributed by atoms with E-state index in [2.05, 4.69) is 16.3 Å². The molecule has 0 bridgehead atoms. The summed E-state index contributed by atoms with van der Waals surface area (Å²) in [7, 11) is 1.74. The van der Waals surface area contributed by atoms with Crippen LogP contribution in [0.3, 0.4) is 0 Å². The number of piperazine rings is 1. The molecule has 4 heteroatoms. The smallest absolute Gasteiger partial charge is 0.0678 e. The Balaban J connectivity index is 2.19. The molecule has 0 aromatic heterocycles. The van der Waals surface area contributed by atoms with Crippen molar-refractivity contribution in [2.75, 3.05) is 38.3 Å². The molecule has 88 valence electrons. The van der Waals surface area contributed by atoms with Gasteiger partial charge in [-0.2, -0.15) is 0 Å². The molecule has 0 spiro atoms. The molecule has 0 amide bonds. The number of benzene rings is 1. The zero-order chi connectivity index (χ0) is 11.4. The number of nitrogens with zero attached hydrogens (tertiary/aromatic N) is 1. The molecule has 1 saturated heterocycles. The second kappa shape index (κ2) is 5.53. The number of rotatable bonds is 3. The highest BCUT2D eigenvalue weighted by molar-refractivity contribution is 6.33. The van der Waals surface area contributed by atoms with Crippen molar-refractivity contribution in [3.05, 3.63) is 29.3 Å². The zero-order valence-electron chi connectivity index (χ0n) is 9.45. The predicted molar refractivity (Wildman–Crippen MR) is 67.3 cm³/mol. The lowest BCUT2D eigenvalue weighted by molar-refractivity contribution is 0.170. The molecule has 1 aliphatic rings. The number of halogens is 1. The SMILES string of the molecule is COCC1CNCCN1c1ccccc1Cl. The second-order valence-corrected chi connectivity index (χ2v) is 4.37. The minimum absolute atomic E-state index is 0.360. The van der Waals surface area contributed by atoms with Gasteiger partial charge in [0.25, 0.3) is 0 Å². The summed E-state index contributed by atoms with van der Waals surface area (Å²) in [6, 6.07) is 8.34. The van der Waals surface area contributed by atoms with Crippen LogP contribution in [-0.4, -0.2) is 39.4 Å². The summed E-state index contributed by atoms with van der Waals surface area (Å²) in [6.45, 7) is 3.63. The molecule has 1 unspecified atom stereocenters. The molecule has 1 aromatic rings. The number of ether oxygens (including phenoxy) is 1. The quantitative estimate of drug-likeness (QED) is 0.872. The number of anilines is 1. The third-order valence-corrected chi connectivity index (χ3v) is 3.19. The van der Waals surface area contributed by atoms with Crippen LogP contribution in [-0.2, 0) is 4.74 Å². The first kappa shape index (κ1) is 11.7. The van der Waals surface area contributed by atoms with Gasteiger partial charge in [-0.25, -0.2) is 0 Å². The van der Waals surface area contributed by atoms with Gasteiger partial charge in [0.2, 0.25) is 0 Å². The Hall–Kier alpha value is -0.770. The Morgan fingerprint density at radius 1 is 1.50 bits per heavy atom.